The smallest absolute Gasteiger partial charge is 0.410 e. The lowest BCUT2D eigenvalue weighted by Gasteiger charge is -2.33. The number of ether oxygens (including phenoxy) is 1. The number of halogens is 1. The van der Waals surface area contributed by atoms with Crippen LogP contribution in [-0.2, 0) is 10.6 Å². The average molecular weight is 317 g/mol. The van der Waals surface area contributed by atoms with E-state index in [0.717, 1.165) is 30.1 Å². The van der Waals surface area contributed by atoms with Gasteiger partial charge in [-0.3, -0.25) is 0 Å². The molecule has 1 aromatic rings. The molecule has 20 heavy (non-hydrogen) atoms. The van der Waals surface area contributed by atoms with Gasteiger partial charge in [-0.1, -0.05) is 0 Å². The van der Waals surface area contributed by atoms with Gasteiger partial charge in [-0.2, -0.15) is 0 Å². The van der Waals surface area contributed by atoms with E-state index in [1.54, 1.807) is 16.2 Å². The summed E-state index contributed by atoms with van der Waals surface area (Å²) in [5.41, 5.74) is 0.470. The maximum Gasteiger partial charge on any atom is 0.410 e. The van der Waals surface area contributed by atoms with Gasteiger partial charge in [0.15, 0.2) is 0 Å². The highest BCUT2D eigenvalue weighted by molar-refractivity contribution is 7.09. The Hall–Kier alpha value is -0.810. The minimum atomic E-state index is -0.447. The zero-order valence-electron chi connectivity index (χ0n) is 12.2. The average Bonchev–Trinajstić information content (AvgIpc) is 2.85. The van der Waals surface area contributed by atoms with Crippen molar-refractivity contribution in [2.75, 3.05) is 13.1 Å². The topological polar surface area (TPSA) is 42.4 Å². The third-order valence-electron chi connectivity index (χ3n) is 3.13. The number of thiazole rings is 1. The molecule has 0 spiro atoms. The molecule has 0 bridgehead atoms. The molecule has 1 amide bonds. The maximum absolute atomic E-state index is 12.1. The largest absolute Gasteiger partial charge is 0.444 e. The number of aromatic nitrogens is 1. The molecular formula is C14H21ClN2O2S. The van der Waals surface area contributed by atoms with Crippen LogP contribution in [0.3, 0.4) is 0 Å². The Bertz CT molecular complexity index is 470. The Morgan fingerprint density at radius 3 is 2.95 bits per heavy atom. The molecule has 0 N–H and O–H groups in total. The third-order valence-corrected chi connectivity index (χ3v) is 4.46. The lowest BCUT2D eigenvalue weighted by Crippen LogP contribution is -2.42. The fourth-order valence-corrected chi connectivity index (χ4v) is 3.42. The van der Waals surface area contributed by atoms with Crippen molar-refractivity contribution in [1.82, 2.24) is 9.88 Å². The standard InChI is InChI=1S/C14H21ClN2O2S/c1-14(2,3)19-13(18)17-6-4-5-10(8-17)12-16-11(7-15)9-20-12/h9-10H,4-8H2,1-3H3. The molecule has 6 heteroatoms. The van der Waals surface area contributed by atoms with E-state index in [9.17, 15) is 4.79 Å². The van der Waals surface area contributed by atoms with Crippen LogP contribution in [0.4, 0.5) is 4.79 Å². The van der Waals surface area contributed by atoms with Gasteiger partial charge >= 0.3 is 6.09 Å². The summed E-state index contributed by atoms with van der Waals surface area (Å²) in [5.74, 6) is 0.747. The van der Waals surface area contributed by atoms with Gasteiger partial charge in [0, 0.05) is 24.4 Å². The second-order valence-electron chi connectivity index (χ2n) is 6.08. The second-order valence-corrected chi connectivity index (χ2v) is 7.23. The molecule has 4 nitrogen and oxygen atoms in total. The second kappa shape index (κ2) is 6.31. The minimum absolute atomic E-state index is 0.226. The van der Waals surface area contributed by atoms with Crippen molar-refractivity contribution in [3.8, 4) is 0 Å². The van der Waals surface area contributed by atoms with Crippen LogP contribution in [0.1, 0.15) is 50.2 Å². The van der Waals surface area contributed by atoms with Crippen molar-refractivity contribution >= 4 is 29.0 Å². The van der Waals surface area contributed by atoms with E-state index in [1.807, 2.05) is 26.2 Å². The molecule has 1 saturated heterocycles. The van der Waals surface area contributed by atoms with Crippen molar-refractivity contribution in [1.29, 1.82) is 0 Å². The Morgan fingerprint density at radius 1 is 1.60 bits per heavy atom. The maximum atomic E-state index is 12.1. The number of rotatable bonds is 2. The summed E-state index contributed by atoms with van der Waals surface area (Å²) < 4.78 is 5.44. The fourth-order valence-electron chi connectivity index (χ4n) is 2.24. The molecule has 1 aliphatic heterocycles. The van der Waals surface area contributed by atoms with Gasteiger partial charge < -0.3 is 9.64 Å². The van der Waals surface area contributed by atoms with Gasteiger partial charge in [-0.05, 0) is 33.6 Å². The van der Waals surface area contributed by atoms with Crippen LogP contribution in [0, 0.1) is 0 Å². The lowest BCUT2D eigenvalue weighted by molar-refractivity contribution is 0.0198. The first-order valence-corrected chi connectivity index (χ1v) is 8.28. The van der Waals surface area contributed by atoms with Gasteiger partial charge in [0.25, 0.3) is 0 Å². The normalized spacial score (nSPS) is 20.0. The predicted molar refractivity (Wildman–Crippen MR) is 81.5 cm³/mol. The number of piperidine rings is 1. The monoisotopic (exact) mass is 316 g/mol. The summed E-state index contributed by atoms with van der Waals surface area (Å²) in [5, 5.41) is 3.07. The third kappa shape index (κ3) is 4.09. The minimum Gasteiger partial charge on any atom is -0.444 e. The molecule has 2 heterocycles. The van der Waals surface area contributed by atoms with Crippen LogP contribution in [0.2, 0.25) is 0 Å². The van der Waals surface area contributed by atoms with Crippen molar-refractivity contribution in [3.05, 3.63) is 16.1 Å². The SMILES string of the molecule is CC(C)(C)OC(=O)N1CCCC(c2nc(CCl)cs2)C1. The van der Waals surface area contributed by atoms with E-state index >= 15 is 0 Å². The molecule has 1 atom stereocenters. The number of hydrogen-bond donors (Lipinski definition) is 0. The van der Waals surface area contributed by atoms with Crippen molar-refractivity contribution in [2.45, 2.75) is 51.0 Å². The molecule has 1 aromatic heterocycles. The highest BCUT2D eigenvalue weighted by Crippen LogP contribution is 2.30. The van der Waals surface area contributed by atoms with E-state index in [4.69, 9.17) is 16.3 Å². The quantitative estimate of drug-likeness (QED) is 0.775. The van der Waals surface area contributed by atoms with Gasteiger partial charge in [0.1, 0.15) is 5.60 Å². The molecule has 1 fully saturated rings. The number of carbonyl (C=O) groups excluding carboxylic acids is 1. The first-order valence-electron chi connectivity index (χ1n) is 6.87. The molecule has 2 rings (SSSR count). The number of amides is 1. The van der Waals surface area contributed by atoms with Crippen LogP contribution in [0.5, 0.6) is 0 Å². The molecule has 0 aliphatic carbocycles. The van der Waals surface area contributed by atoms with Crippen molar-refractivity contribution in [3.63, 3.8) is 0 Å². The van der Waals surface area contributed by atoms with Crippen LogP contribution in [0.15, 0.2) is 5.38 Å². The Morgan fingerprint density at radius 2 is 2.35 bits per heavy atom. The number of hydrogen-bond acceptors (Lipinski definition) is 4. The van der Waals surface area contributed by atoms with E-state index in [0.29, 0.717) is 18.3 Å². The van der Waals surface area contributed by atoms with E-state index < -0.39 is 5.60 Å². The highest BCUT2D eigenvalue weighted by atomic mass is 35.5. The van der Waals surface area contributed by atoms with Gasteiger partial charge in [0.2, 0.25) is 0 Å². The van der Waals surface area contributed by atoms with Gasteiger partial charge in [0.05, 0.1) is 16.6 Å². The van der Waals surface area contributed by atoms with Crippen LogP contribution in [0.25, 0.3) is 0 Å². The highest BCUT2D eigenvalue weighted by Gasteiger charge is 2.29. The summed E-state index contributed by atoms with van der Waals surface area (Å²) in [6.45, 7) is 7.11. The first-order chi connectivity index (χ1) is 9.39. The van der Waals surface area contributed by atoms with Crippen LogP contribution >= 0.6 is 22.9 Å². The number of likely N-dealkylation sites (tertiary alicyclic amines) is 1. The summed E-state index contributed by atoms with van der Waals surface area (Å²) in [7, 11) is 0. The van der Waals surface area contributed by atoms with E-state index in [2.05, 4.69) is 4.98 Å². The van der Waals surface area contributed by atoms with Crippen LogP contribution < -0.4 is 0 Å². The summed E-state index contributed by atoms with van der Waals surface area (Å²) in [4.78, 5) is 18.4. The number of alkyl halides is 1. The predicted octanol–water partition coefficient (Wildman–Crippen LogP) is 4.00. The van der Waals surface area contributed by atoms with Crippen molar-refractivity contribution in [2.24, 2.45) is 0 Å². The molecule has 0 saturated carbocycles. The molecule has 1 aliphatic rings. The van der Waals surface area contributed by atoms with Crippen LogP contribution in [-0.4, -0.2) is 34.7 Å². The Labute approximate surface area is 129 Å². The Kier molecular flexibility index (Phi) is 4.91. The van der Waals surface area contributed by atoms with Gasteiger partial charge in [-0.25, -0.2) is 9.78 Å². The van der Waals surface area contributed by atoms with E-state index in [-0.39, 0.29) is 6.09 Å². The zero-order valence-corrected chi connectivity index (χ0v) is 13.8. The Balaban J connectivity index is 1.99. The lowest BCUT2D eigenvalue weighted by atomic mass is 9.99. The van der Waals surface area contributed by atoms with Crippen molar-refractivity contribution < 1.29 is 9.53 Å². The number of nitrogens with zero attached hydrogens (tertiary/aromatic N) is 2. The molecule has 0 aromatic carbocycles. The summed E-state index contributed by atoms with van der Waals surface area (Å²) >= 11 is 7.42. The van der Waals surface area contributed by atoms with Gasteiger partial charge in [-0.15, -0.1) is 22.9 Å². The zero-order chi connectivity index (χ0) is 14.8. The first kappa shape index (κ1) is 15.6. The fraction of sp³-hybridized carbons (Fsp3) is 0.714. The molecular weight excluding hydrogens is 296 g/mol. The molecule has 0 radical (unpaired) electrons. The van der Waals surface area contributed by atoms with E-state index in [1.165, 1.54) is 0 Å². The summed E-state index contributed by atoms with van der Waals surface area (Å²) in [6.07, 6.45) is 1.82. The molecule has 1 unspecified atom stereocenters. The summed E-state index contributed by atoms with van der Waals surface area (Å²) in [6, 6.07) is 0. The number of carbonyl (C=O) groups is 1. The molecule has 112 valence electrons.